The molecule has 2 fully saturated rings. The molecule has 0 spiro atoms. The zero-order valence-corrected chi connectivity index (χ0v) is 25.5. The minimum absolute atomic E-state index is 0.104. The molecule has 2 aromatic carbocycles. The summed E-state index contributed by atoms with van der Waals surface area (Å²) >= 11 is 6.72. The van der Waals surface area contributed by atoms with Crippen molar-refractivity contribution in [3.63, 3.8) is 0 Å². The molecule has 220 valence electrons. The van der Waals surface area contributed by atoms with Crippen molar-refractivity contribution in [2.24, 2.45) is 0 Å². The van der Waals surface area contributed by atoms with E-state index in [0.717, 1.165) is 24.9 Å². The standard InChI is InChI=1S/C30H32N4O5S3/c35-27(36)15-6-2-9-18-33-29(37)26(41-30(33)40)20-23-21-34(24-12-4-1-5-13-24)31-28(23)22-11-10-14-25(19-22)42(38,39)32-16-7-3-8-17-32/h1,4-5,10-14,19-21H,2-3,6-9,15-18H2,(H,35,36). The largest absolute Gasteiger partial charge is 0.481 e. The van der Waals surface area contributed by atoms with E-state index >= 15 is 0 Å². The number of amides is 1. The number of thiocarbonyl (C=S) groups is 1. The molecule has 1 N–H and O–H groups in total. The molecule has 12 heteroatoms. The van der Waals surface area contributed by atoms with Gasteiger partial charge in [-0.15, -0.1) is 0 Å². The van der Waals surface area contributed by atoms with Crippen LogP contribution in [0, 0.1) is 0 Å². The summed E-state index contributed by atoms with van der Waals surface area (Å²) in [6.07, 6.45) is 8.32. The van der Waals surface area contributed by atoms with Crippen molar-refractivity contribution in [1.82, 2.24) is 19.0 Å². The Balaban J connectivity index is 1.46. The van der Waals surface area contributed by atoms with Gasteiger partial charge in [0.05, 0.1) is 15.5 Å². The van der Waals surface area contributed by atoms with E-state index in [-0.39, 0.29) is 17.2 Å². The van der Waals surface area contributed by atoms with Gasteiger partial charge in [-0.05, 0) is 56.0 Å². The number of aromatic nitrogens is 2. The van der Waals surface area contributed by atoms with E-state index in [4.69, 9.17) is 22.4 Å². The third-order valence-electron chi connectivity index (χ3n) is 7.26. The fraction of sp³-hybridized carbons (Fsp3) is 0.333. The van der Waals surface area contributed by atoms with E-state index in [9.17, 15) is 18.0 Å². The highest BCUT2D eigenvalue weighted by atomic mass is 32.2. The molecule has 9 nitrogen and oxygen atoms in total. The van der Waals surface area contributed by atoms with Crippen molar-refractivity contribution < 1.29 is 23.1 Å². The van der Waals surface area contributed by atoms with Crippen LogP contribution in [0.1, 0.15) is 50.5 Å². The lowest BCUT2D eigenvalue weighted by Crippen LogP contribution is -2.35. The number of hydrogen-bond acceptors (Lipinski definition) is 7. The molecule has 0 atom stereocenters. The van der Waals surface area contributed by atoms with E-state index in [1.54, 1.807) is 38.2 Å². The van der Waals surface area contributed by atoms with E-state index in [1.165, 1.54) is 11.8 Å². The number of para-hydroxylation sites is 1. The Morgan fingerprint density at radius 3 is 2.52 bits per heavy atom. The van der Waals surface area contributed by atoms with Gasteiger partial charge in [-0.3, -0.25) is 14.5 Å². The molecule has 2 saturated heterocycles. The van der Waals surface area contributed by atoms with Crippen molar-refractivity contribution in [3.05, 3.63) is 71.3 Å². The number of carboxylic acids is 1. The lowest BCUT2D eigenvalue weighted by Gasteiger charge is -2.26. The zero-order chi connectivity index (χ0) is 29.7. The van der Waals surface area contributed by atoms with Crippen molar-refractivity contribution in [3.8, 4) is 16.9 Å². The predicted molar refractivity (Wildman–Crippen MR) is 168 cm³/mol. The second-order valence-corrected chi connectivity index (χ2v) is 13.9. The van der Waals surface area contributed by atoms with Gasteiger partial charge in [-0.2, -0.15) is 9.40 Å². The van der Waals surface area contributed by atoms with Gasteiger partial charge in [0.2, 0.25) is 10.0 Å². The number of hydrogen-bond donors (Lipinski definition) is 1. The molecule has 3 aromatic rings. The average molecular weight is 625 g/mol. The zero-order valence-electron chi connectivity index (χ0n) is 23.0. The summed E-state index contributed by atoms with van der Waals surface area (Å²) in [5, 5.41) is 13.7. The fourth-order valence-electron chi connectivity index (χ4n) is 5.05. The highest BCUT2D eigenvalue weighted by Crippen LogP contribution is 2.36. The van der Waals surface area contributed by atoms with Crippen LogP contribution in [0.2, 0.25) is 0 Å². The normalized spacial score (nSPS) is 17.3. The molecule has 0 aliphatic carbocycles. The van der Waals surface area contributed by atoms with Crippen LogP contribution in [0.15, 0.2) is 70.6 Å². The van der Waals surface area contributed by atoms with Crippen LogP contribution >= 0.6 is 24.0 Å². The molecule has 0 unspecified atom stereocenters. The van der Waals surface area contributed by atoms with Crippen molar-refractivity contribution in [1.29, 1.82) is 0 Å². The van der Waals surface area contributed by atoms with Crippen LogP contribution in [-0.2, 0) is 19.6 Å². The first-order valence-corrected chi connectivity index (χ1v) is 16.6. The second kappa shape index (κ2) is 13.3. The van der Waals surface area contributed by atoms with Gasteiger partial charge in [0.25, 0.3) is 5.91 Å². The van der Waals surface area contributed by atoms with Crippen LogP contribution in [0.25, 0.3) is 23.0 Å². The quantitative estimate of drug-likeness (QED) is 0.168. The van der Waals surface area contributed by atoms with Gasteiger partial charge in [-0.25, -0.2) is 13.1 Å². The maximum Gasteiger partial charge on any atom is 0.303 e. The van der Waals surface area contributed by atoms with Crippen molar-refractivity contribution >= 4 is 56.3 Å². The first-order valence-electron chi connectivity index (χ1n) is 14.0. The third kappa shape index (κ3) is 6.83. The van der Waals surface area contributed by atoms with E-state index in [2.05, 4.69) is 0 Å². The van der Waals surface area contributed by atoms with Gasteiger partial charge in [0.1, 0.15) is 10.0 Å². The molecule has 1 aromatic heterocycles. The first-order chi connectivity index (χ1) is 20.2. The Labute approximate surface area is 255 Å². The molecule has 2 aliphatic rings. The fourth-order valence-corrected chi connectivity index (χ4v) is 7.91. The van der Waals surface area contributed by atoms with Crippen LogP contribution in [0.5, 0.6) is 0 Å². The number of unbranched alkanes of at least 4 members (excludes halogenated alkanes) is 2. The minimum atomic E-state index is -3.65. The first kappa shape index (κ1) is 30.1. The Hall–Kier alpha value is -3.32. The highest BCUT2D eigenvalue weighted by Gasteiger charge is 2.32. The molecule has 5 rings (SSSR count). The monoisotopic (exact) mass is 624 g/mol. The molecule has 0 saturated carbocycles. The Kier molecular flexibility index (Phi) is 9.57. The van der Waals surface area contributed by atoms with E-state index < -0.39 is 16.0 Å². The SMILES string of the molecule is O=C(O)CCCCCN1C(=O)C(=Cc2cn(-c3ccccc3)nc2-c2cccc(S(=O)(=O)N3CCCCC3)c2)SC1=S. The second-order valence-electron chi connectivity index (χ2n) is 10.2. The van der Waals surface area contributed by atoms with Gasteiger partial charge >= 0.3 is 5.97 Å². The Morgan fingerprint density at radius 1 is 1.02 bits per heavy atom. The maximum absolute atomic E-state index is 13.4. The minimum Gasteiger partial charge on any atom is -0.481 e. The van der Waals surface area contributed by atoms with Crippen LogP contribution in [-0.4, -0.2) is 68.3 Å². The Morgan fingerprint density at radius 2 is 1.79 bits per heavy atom. The van der Waals surface area contributed by atoms with Gasteiger partial charge in [0, 0.05) is 43.4 Å². The molecule has 1 amide bonds. The molecule has 0 radical (unpaired) electrons. The smallest absolute Gasteiger partial charge is 0.303 e. The maximum atomic E-state index is 13.4. The van der Waals surface area contributed by atoms with Crippen LogP contribution in [0.3, 0.4) is 0 Å². The molecular weight excluding hydrogens is 593 g/mol. The van der Waals surface area contributed by atoms with Crippen LogP contribution < -0.4 is 0 Å². The number of carbonyl (C=O) groups is 2. The summed E-state index contributed by atoms with van der Waals surface area (Å²) < 4.78 is 30.6. The van der Waals surface area contributed by atoms with Crippen molar-refractivity contribution in [2.75, 3.05) is 19.6 Å². The topological polar surface area (TPSA) is 113 Å². The van der Waals surface area contributed by atoms with Crippen molar-refractivity contribution in [2.45, 2.75) is 49.8 Å². The highest BCUT2D eigenvalue weighted by molar-refractivity contribution is 8.26. The number of thioether (sulfide) groups is 1. The molecule has 2 aliphatic heterocycles. The summed E-state index contributed by atoms with van der Waals surface area (Å²) in [5.41, 5.74) is 2.66. The van der Waals surface area contributed by atoms with Gasteiger partial charge in [0.15, 0.2) is 0 Å². The summed E-state index contributed by atoms with van der Waals surface area (Å²) in [5.74, 6) is -1.03. The summed E-state index contributed by atoms with van der Waals surface area (Å²) in [7, 11) is -3.65. The lowest BCUT2D eigenvalue weighted by atomic mass is 10.1. The average Bonchev–Trinajstić information content (AvgIpc) is 3.54. The molecule has 0 bridgehead atoms. The number of rotatable bonds is 11. The number of sulfonamides is 1. The number of aliphatic carboxylic acids is 1. The number of carbonyl (C=O) groups excluding carboxylic acids is 1. The number of benzene rings is 2. The summed E-state index contributed by atoms with van der Waals surface area (Å²) in [6.45, 7) is 1.46. The van der Waals surface area contributed by atoms with E-state index in [0.29, 0.717) is 64.9 Å². The summed E-state index contributed by atoms with van der Waals surface area (Å²) in [4.78, 5) is 26.3. The third-order valence-corrected chi connectivity index (χ3v) is 10.5. The number of carboxylic acid groups (broad SMARTS) is 1. The molecule has 42 heavy (non-hydrogen) atoms. The molecule has 3 heterocycles. The Bertz CT molecular complexity index is 1610. The van der Waals surface area contributed by atoms with E-state index in [1.807, 2.05) is 42.6 Å². The lowest BCUT2D eigenvalue weighted by molar-refractivity contribution is -0.137. The predicted octanol–water partition coefficient (Wildman–Crippen LogP) is 5.56. The number of nitrogens with zero attached hydrogens (tertiary/aromatic N) is 4. The van der Waals surface area contributed by atoms with Crippen LogP contribution in [0.4, 0.5) is 0 Å². The van der Waals surface area contributed by atoms with Gasteiger partial charge < -0.3 is 5.11 Å². The molecular formula is C30H32N4O5S3. The van der Waals surface area contributed by atoms with Gasteiger partial charge in [-0.1, -0.05) is 67.2 Å². The number of piperidine rings is 1. The summed E-state index contributed by atoms with van der Waals surface area (Å²) in [6, 6.07) is 16.4.